The van der Waals surface area contributed by atoms with Crippen molar-refractivity contribution in [2.45, 2.75) is 13.0 Å². The highest BCUT2D eigenvalue weighted by molar-refractivity contribution is 5.74. The van der Waals surface area contributed by atoms with E-state index in [0.717, 1.165) is 0 Å². The Balaban J connectivity index is 1.99. The van der Waals surface area contributed by atoms with Gasteiger partial charge in [0.1, 0.15) is 24.4 Å². The average molecular weight is 296 g/mol. The summed E-state index contributed by atoms with van der Waals surface area (Å²) in [6.07, 6.45) is -4.01. The molecule has 110 valence electrons. The summed E-state index contributed by atoms with van der Waals surface area (Å²) in [6.45, 7) is 0.0928. The lowest BCUT2D eigenvalue weighted by Crippen LogP contribution is -2.17. The smallest absolute Gasteiger partial charge is 0.489 e. The second-order valence-electron chi connectivity index (χ2n) is 4.17. The van der Waals surface area contributed by atoms with Gasteiger partial charge in [-0.05, 0) is 42.0 Å². The predicted molar refractivity (Wildman–Crippen MR) is 69.3 cm³/mol. The Hall–Kier alpha value is -2.50. The molecule has 0 fully saturated rings. The van der Waals surface area contributed by atoms with Crippen LogP contribution >= 0.6 is 0 Å². The van der Waals surface area contributed by atoms with E-state index in [9.17, 15) is 18.0 Å². The summed E-state index contributed by atoms with van der Waals surface area (Å²) in [5.74, 6) is 0.225. The number of alkyl halides is 3. The summed E-state index contributed by atoms with van der Waals surface area (Å²) >= 11 is 0. The van der Waals surface area contributed by atoms with Crippen molar-refractivity contribution < 1.29 is 27.4 Å². The molecule has 0 heterocycles. The molecule has 0 aliphatic heterocycles. The summed E-state index contributed by atoms with van der Waals surface area (Å²) in [4.78, 5) is 10.5. The third-order valence-electron chi connectivity index (χ3n) is 2.55. The van der Waals surface area contributed by atoms with E-state index in [-0.39, 0.29) is 12.4 Å². The molecule has 2 aromatic carbocycles. The fraction of sp³-hybridized carbons (Fsp3) is 0.133. The van der Waals surface area contributed by atoms with E-state index < -0.39 is 6.36 Å². The Bertz CT molecular complexity index is 606. The van der Waals surface area contributed by atoms with Crippen LogP contribution in [0.1, 0.15) is 15.9 Å². The van der Waals surface area contributed by atoms with Gasteiger partial charge < -0.3 is 9.47 Å². The number of carbonyl (C=O) groups is 1. The van der Waals surface area contributed by atoms with Gasteiger partial charge in [-0.25, -0.2) is 0 Å². The van der Waals surface area contributed by atoms with Crippen molar-refractivity contribution in [3.63, 3.8) is 0 Å². The molecule has 0 aliphatic carbocycles. The quantitative estimate of drug-likeness (QED) is 0.783. The van der Waals surface area contributed by atoms with Gasteiger partial charge in [-0.3, -0.25) is 4.79 Å². The highest BCUT2D eigenvalue weighted by Crippen LogP contribution is 2.24. The van der Waals surface area contributed by atoms with Gasteiger partial charge in [-0.15, -0.1) is 13.2 Å². The standard InChI is InChI=1S/C15H11F3O3/c16-15(17,18)21-14-3-1-2-12(8-14)10-20-13-6-4-11(9-19)5-7-13/h1-9H,10H2. The first kappa shape index (κ1) is 14.9. The van der Waals surface area contributed by atoms with Crippen LogP contribution in [0, 0.1) is 0 Å². The van der Waals surface area contributed by atoms with Crippen LogP contribution in [0.4, 0.5) is 13.2 Å². The fourth-order valence-corrected chi connectivity index (χ4v) is 1.64. The second kappa shape index (κ2) is 6.30. The topological polar surface area (TPSA) is 35.5 Å². The lowest BCUT2D eigenvalue weighted by Gasteiger charge is -2.11. The molecule has 0 atom stereocenters. The van der Waals surface area contributed by atoms with E-state index >= 15 is 0 Å². The molecule has 0 unspecified atom stereocenters. The molecule has 2 aromatic rings. The van der Waals surface area contributed by atoms with Gasteiger partial charge in [0.05, 0.1) is 0 Å². The minimum Gasteiger partial charge on any atom is -0.489 e. The maximum Gasteiger partial charge on any atom is 0.573 e. The van der Waals surface area contributed by atoms with E-state index in [1.54, 1.807) is 30.3 Å². The van der Waals surface area contributed by atoms with Crippen LogP contribution in [0.5, 0.6) is 11.5 Å². The Kier molecular flexibility index (Phi) is 4.47. The van der Waals surface area contributed by atoms with Crippen LogP contribution in [-0.4, -0.2) is 12.6 Å². The number of benzene rings is 2. The molecule has 0 N–H and O–H groups in total. The van der Waals surface area contributed by atoms with Crippen molar-refractivity contribution in [1.82, 2.24) is 0 Å². The Morgan fingerprint density at radius 1 is 1.00 bits per heavy atom. The first-order valence-corrected chi connectivity index (χ1v) is 5.99. The lowest BCUT2D eigenvalue weighted by molar-refractivity contribution is -0.274. The van der Waals surface area contributed by atoms with Gasteiger partial charge >= 0.3 is 6.36 Å². The van der Waals surface area contributed by atoms with E-state index in [2.05, 4.69) is 4.74 Å². The normalized spacial score (nSPS) is 11.0. The minimum absolute atomic E-state index is 0.0928. The van der Waals surface area contributed by atoms with Gasteiger partial charge in [-0.2, -0.15) is 0 Å². The number of aldehydes is 1. The lowest BCUT2D eigenvalue weighted by atomic mass is 10.2. The molecule has 21 heavy (non-hydrogen) atoms. The zero-order valence-corrected chi connectivity index (χ0v) is 10.8. The number of halogens is 3. The molecule has 6 heteroatoms. The summed E-state index contributed by atoms with van der Waals surface area (Å²) < 4.78 is 45.6. The molecule has 0 saturated heterocycles. The summed E-state index contributed by atoms with van der Waals surface area (Å²) in [6, 6.07) is 12.0. The van der Waals surface area contributed by atoms with Crippen LogP contribution in [0.2, 0.25) is 0 Å². The van der Waals surface area contributed by atoms with Crippen molar-refractivity contribution in [1.29, 1.82) is 0 Å². The zero-order valence-electron chi connectivity index (χ0n) is 10.8. The molecule has 0 radical (unpaired) electrons. The maximum absolute atomic E-state index is 12.1. The maximum atomic E-state index is 12.1. The number of carbonyl (C=O) groups excluding carboxylic acids is 1. The average Bonchev–Trinajstić information content (AvgIpc) is 2.44. The molecule has 0 aromatic heterocycles. The van der Waals surface area contributed by atoms with Crippen molar-refractivity contribution in [2.24, 2.45) is 0 Å². The molecule has 0 bridgehead atoms. The summed E-state index contributed by atoms with van der Waals surface area (Å²) in [7, 11) is 0. The van der Waals surface area contributed by atoms with Crippen molar-refractivity contribution in [3.8, 4) is 11.5 Å². The minimum atomic E-state index is -4.72. The second-order valence-corrected chi connectivity index (χ2v) is 4.17. The van der Waals surface area contributed by atoms with E-state index in [0.29, 0.717) is 23.2 Å². The van der Waals surface area contributed by atoms with Crippen LogP contribution in [0.15, 0.2) is 48.5 Å². The van der Waals surface area contributed by atoms with Crippen LogP contribution < -0.4 is 9.47 Å². The monoisotopic (exact) mass is 296 g/mol. The molecule has 2 rings (SSSR count). The number of hydrogen-bond donors (Lipinski definition) is 0. The molecule has 0 aliphatic rings. The third-order valence-corrected chi connectivity index (χ3v) is 2.55. The van der Waals surface area contributed by atoms with Crippen molar-refractivity contribution in [2.75, 3.05) is 0 Å². The van der Waals surface area contributed by atoms with Gasteiger partial charge in [0.15, 0.2) is 0 Å². The fourth-order valence-electron chi connectivity index (χ4n) is 1.64. The van der Waals surface area contributed by atoms with Crippen molar-refractivity contribution >= 4 is 6.29 Å². The zero-order chi connectivity index (χ0) is 15.3. The van der Waals surface area contributed by atoms with Gasteiger partial charge in [0, 0.05) is 5.56 Å². The molecule has 3 nitrogen and oxygen atoms in total. The number of ether oxygens (including phenoxy) is 2. The molecule has 0 saturated carbocycles. The largest absolute Gasteiger partial charge is 0.573 e. The summed E-state index contributed by atoms with van der Waals surface area (Å²) in [5, 5.41) is 0. The van der Waals surface area contributed by atoms with Gasteiger partial charge in [0.25, 0.3) is 0 Å². The van der Waals surface area contributed by atoms with Crippen molar-refractivity contribution in [3.05, 3.63) is 59.7 Å². The van der Waals surface area contributed by atoms with Crippen LogP contribution in [0.3, 0.4) is 0 Å². The van der Waals surface area contributed by atoms with Crippen LogP contribution in [0.25, 0.3) is 0 Å². The molecule has 0 amide bonds. The van der Waals surface area contributed by atoms with E-state index in [1.807, 2.05) is 0 Å². The van der Waals surface area contributed by atoms with Gasteiger partial charge in [-0.1, -0.05) is 12.1 Å². The van der Waals surface area contributed by atoms with Crippen LogP contribution in [-0.2, 0) is 6.61 Å². The van der Waals surface area contributed by atoms with Gasteiger partial charge in [0.2, 0.25) is 0 Å². The number of rotatable bonds is 5. The molecular weight excluding hydrogens is 285 g/mol. The highest BCUT2D eigenvalue weighted by atomic mass is 19.4. The first-order chi connectivity index (χ1) is 9.96. The molecule has 0 spiro atoms. The summed E-state index contributed by atoms with van der Waals surface area (Å²) in [5.41, 5.74) is 1.05. The Morgan fingerprint density at radius 3 is 2.33 bits per heavy atom. The van der Waals surface area contributed by atoms with E-state index in [4.69, 9.17) is 4.74 Å². The Morgan fingerprint density at radius 2 is 1.71 bits per heavy atom. The SMILES string of the molecule is O=Cc1ccc(OCc2cccc(OC(F)(F)F)c2)cc1. The highest BCUT2D eigenvalue weighted by Gasteiger charge is 2.31. The van der Waals surface area contributed by atoms with E-state index in [1.165, 1.54) is 18.2 Å². The number of hydrogen-bond acceptors (Lipinski definition) is 3. The molecular formula is C15H11F3O3. The third kappa shape index (κ3) is 4.83. The predicted octanol–water partition coefficient (Wildman–Crippen LogP) is 3.98. The first-order valence-electron chi connectivity index (χ1n) is 5.99. The Labute approximate surface area is 118 Å².